The maximum absolute atomic E-state index is 6.38. The van der Waals surface area contributed by atoms with E-state index in [1.54, 1.807) is 0 Å². The SMILES string of the molecule is C=CCc1c(C)c(OCc2ccccc2)c(C)c2c1OC(C)(C)CC2. The molecule has 0 radical (unpaired) electrons. The van der Waals surface area contributed by atoms with E-state index in [9.17, 15) is 0 Å². The van der Waals surface area contributed by atoms with Crippen LogP contribution in [0.25, 0.3) is 0 Å². The van der Waals surface area contributed by atoms with Crippen molar-refractivity contribution in [3.63, 3.8) is 0 Å². The smallest absolute Gasteiger partial charge is 0.127 e. The summed E-state index contributed by atoms with van der Waals surface area (Å²) in [5, 5.41) is 0. The maximum atomic E-state index is 6.38. The van der Waals surface area contributed by atoms with Crippen molar-refractivity contribution in [2.45, 2.75) is 59.2 Å². The van der Waals surface area contributed by atoms with Crippen LogP contribution in [0.5, 0.6) is 11.5 Å². The third kappa shape index (κ3) is 3.58. The summed E-state index contributed by atoms with van der Waals surface area (Å²) in [7, 11) is 0. The molecule has 2 nitrogen and oxygen atoms in total. The molecule has 0 saturated carbocycles. The first kappa shape index (κ1) is 17.6. The van der Waals surface area contributed by atoms with Gasteiger partial charge in [0.25, 0.3) is 0 Å². The van der Waals surface area contributed by atoms with Gasteiger partial charge in [0.05, 0.1) is 0 Å². The van der Waals surface area contributed by atoms with E-state index in [0.717, 1.165) is 30.8 Å². The first-order valence-electron chi connectivity index (χ1n) is 9.04. The van der Waals surface area contributed by atoms with Gasteiger partial charge in [0, 0.05) is 11.1 Å². The molecule has 0 bridgehead atoms. The number of rotatable bonds is 5. The van der Waals surface area contributed by atoms with Crippen LogP contribution >= 0.6 is 0 Å². The van der Waals surface area contributed by atoms with Gasteiger partial charge in [-0.15, -0.1) is 6.58 Å². The van der Waals surface area contributed by atoms with Crippen molar-refractivity contribution in [3.8, 4) is 11.5 Å². The lowest BCUT2D eigenvalue weighted by atomic mass is 9.87. The van der Waals surface area contributed by atoms with Crippen molar-refractivity contribution in [3.05, 3.63) is 70.8 Å². The number of benzene rings is 2. The lowest BCUT2D eigenvalue weighted by Gasteiger charge is -2.36. The van der Waals surface area contributed by atoms with Gasteiger partial charge in [-0.3, -0.25) is 0 Å². The zero-order valence-corrected chi connectivity index (χ0v) is 15.8. The average molecular weight is 336 g/mol. The van der Waals surface area contributed by atoms with Gasteiger partial charge in [0.15, 0.2) is 0 Å². The monoisotopic (exact) mass is 336 g/mol. The van der Waals surface area contributed by atoms with Gasteiger partial charge in [-0.25, -0.2) is 0 Å². The van der Waals surface area contributed by atoms with Crippen LogP contribution < -0.4 is 9.47 Å². The largest absolute Gasteiger partial charge is 0.488 e. The van der Waals surface area contributed by atoms with Gasteiger partial charge in [-0.1, -0.05) is 36.4 Å². The Morgan fingerprint density at radius 1 is 1.16 bits per heavy atom. The lowest BCUT2D eigenvalue weighted by Crippen LogP contribution is -2.33. The first-order chi connectivity index (χ1) is 11.9. The number of allylic oxidation sites excluding steroid dienone is 1. The fourth-order valence-corrected chi connectivity index (χ4v) is 3.59. The highest BCUT2D eigenvalue weighted by molar-refractivity contribution is 5.60. The standard InChI is InChI=1S/C23H28O2/c1-6-10-19-16(2)21(24-15-18-11-8-7-9-12-18)17(3)20-13-14-23(4,5)25-22(19)20/h6-9,11-12H,1,10,13-15H2,2-5H3. The molecule has 132 valence electrons. The number of hydrogen-bond donors (Lipinski definition) is 0. The van der Waals surface area contributed by atoms with Crippen LogP contribution in [0.1, 0.15) is 48.1 Å². The highest BCUT2D eigenvalue weighted by Crippen LogP contribution is 2.44. The Morgan fingerprint density at radius 3 is 2.56 bits per heavy atom. The van der Waals surface area contributed by atoms with Gasteiger partial charge in [0.1, 0.15) is 23.7 Å². The molecule has 0 aromatic heterocycles. The fraction of sp³-hybridized carbons (Fsp3) is 0.391. The third-order valence-electron chi connectivity index (χ3n) is 5.06. The molecule has 0 saturated heterocycles. The van der Waals surface area contributed by atoms with Crippen molar-refractivity contribution in [2.75, 3.05) is 0 Å². The molecule has 0 unspecified atom stereocenters. The molecule has 0 spiro atoms. The van der Waals surface area contributed by atoms with Crippen LogP contribution in [0.3, 0.4) is 0 Å². The Kier molecular flexibility index (Phi) is 4.89. The molecule has 25 heavy (non-hydrogen) atoms. The van der Waals surface area contributed by atoms with Crippen LogP contribution in [-0.2, 0) is 19.4 Å². The highest BCUT2D eigenvalue weighted by atomic mass is 16.5. The average Bonchev–Trinajstić information content (AvgIpc) is 2.58. The van der Waals surface area contributed by atoms with E-state index >= 15 is 0 Å². The van der Waals surface area contributed by atoms with Gasteiger partial charge in [-0.2, -0.15) is 0 Å². The van der Waals surface area contributed by atoms with Crippen molar-refractivity contribution >= 4 is 0 Å². The van der Waals surface area contributed by atoms with Crippen LogP contribution in [0.4, 0.5) is 0 Å². The fourth-order valence-electron chi connectivity index (χ4n) is 3.59. The molecule has 0 amide bonds. The Hall–Kier alpha value is -2.22. The molecule has 1 heterocycles. The second-order valence-corrected chi connectivity index (χ2v) is 7.49. The molecule has 0 atom stereocenters. The zero-order chi connectivity index (χ0) is 18.0. The van der Waals surface area contributed by atoms with E-state index in [0.29, 0.717) is 6.61 Å². The normalized spacial score (nSPS) is 15.2. The zero-order valence-electron chi connectivity index (χ0n) is 15.8. The Labute approximate surface area is 151 Å². The molecule has 1 aliphatic heterocycles. The summed E-state index contributed by atoms with van der Waals surface area (Å²) >= 11 is 0. The van der Waals surface area contributed by atoms with E-state index < -0.39 is 0 Å². The van der Waals surface area contributed by atoms with Gasteiger partial charge >= 0.3 is 0 Å². The Balaban J connectivity index is 2.01. The first-order valence-corrected chi connectivity index (χ1v) is 9.04. The minimum absolute atomic E-state index is 0.117. The maximum Gasteiger partial charge on any atom is 0.127 e. The second-order valence-electron chi connectivity index (χ2n) is 7.49. The minimum Gasteiger partial charge on any atom is -0.488 e. The third-order valence-corrected chi connectivity index (χ3v) is 5.06. The summed E-state index contributed by atoms with van der Waals surface area (Å²) in [5.74, 6) is 2.06. The molecule has 0 fully saturated rings. The molecule has 0 N–H and O–H groups in total. The van der Waals surface area contributed by atoms with E-state index in [1.807, 2.05) is 24.3 Å². The second kappa shape index (κ2) is 6.95. The molecule has 1 aliphatic rings. The molecule has 3 rings (SSSR count). The van der Waals surface area contributed by atoms with Gasteiger partial charge in [-0.05, 0) is 63.6 Å². The van der Waals surface area contributed by atoms with Crippen LogP contribution in [-0.4, -0.2) is 5.60 Å². The Morgan fingerprint density at radius 2 is 1.88 bits per heavy atom. The summed E-state index contributed by atoms with van der Waals surface area (Å²) in [5.41, 5.74) is 5.96. The number of ether oxygens (including phenoxy) is 2. The van der Waals surface area contributed by atoms with E-state index in [2.05, 4.69) is 46.4 Å². The van der Waals surface area contributed by atoms with E-state index in [-0.39, 0.29) is 5.60 Å². The summed E-state index contributed by atoms with van der Waals surface area (Å²) in [6.45, 7) is 13.1. The van der Waals surface area contributed by atoms with E-state index in [1.165, 1.54) is 27.8 Å². The van der Waals surface area contributed by atoms with Crippen molar-refractivity contribution in [2.24, 2.45) is 0 Å². The van der Waals surface area contributed by atoms with Gasteiger partial charge in [0.2, 0.25) is 0 Å². The minimum atomic E-state index is -0.117. The topological polar surface area (TPSA) is 18.5 Å². The molecular formula is C23H28O2. The van der Waals surface area contributed by atoms with Crippen LogP contribution in [0.2, 0.25) is 0 Å². The molecule has 2 aromatic carbocycles. The summed E-state index contributed by atoms with van der Waals surface area (Å²) in [6, 6.07) is 10.3. The predicted molar refractivity (Wildman–Crippen MR) is 104 cm³/mol. The van der Waals surface area contributed by atoms with Crippen LogP contribution in [0, 0.1) is 13.8 Å². The van der Waals surface area contributed by atoms with Crippen molar-refractivity contribution in [1.82, 2.24) is 0 Å². The van der Waals surface area contributed by atoms with Gasteiger partial charge < -0.3 is 9.47 Å². The summed E-state index contributed by atoms with van der Waals surface area (Å²) in [4.78, 5) is 0. The molecule has 2 aromatic rings. The lowest BCUT2D eigenvalue weighted by molar-refractivity contribution is 0.0828. The number of hydrogen-bond acceptors (Lipinski definition) is 2. The van der Waals surface area contributed by atoms with Crippen molar-refractivity contribution < 1.29 is 9.47 Å². The van der Waals surface area contributed by atoms with Crippen molar-refractivity contribution in [1.29, 1.82) is 0 Å². The summed E-state index contributed by atoms with van der Waals surface area (Å²) in [6.07, 6.45) is 4.80. The highest BCUT2D eigenvalue weighted by Gasteiger charge is 2.31. The predicted octanol–water partition coefficient (Wildman–Crippen LogP) is 5.71. The van der Waals surface area contributed by atoms with E-state index in [4.69, 9.17) is 9.47 Å². The number of fused-ring (bicyclic) bond motifs is 1. The molecule has 2 heteroatoms. The van der Waals surface area contributed by atoms with Crippen LogP contribution in [0.15, 0.2) is 43.0 Å². The Bertz CT molecular complexity index is 773. The molecule has 0 aliphatic carbocycles. The summed E-state index contributed by atoms with van der Waals surface area (Å²) < 4.78 is 12.6. The quantitative estimate of drug-likeness (QED) is 0.651. The molecular weight excluding hydrogens is 308 g/mol.